The molecule has 1 unspecified atom stereocenters. The van der Waals surface area contributed by atoms with Gasteiger partial charge in [-0.25, -0.2) is 0 Å². The first-order valence-corrected chi connectivity index (χ1v) is 6.66. The summed E-state index contributed by atoms with van der Waals surface area (Å²) >= 11 is 0. The third-order valence-electron chi connectivity index (χ3n) is 4.12. The quantitative estimate of drug-likeness (QED) is 0.793. The van der Waals surface area contributed by atoms with Crippen LogP contribution in [0.3, 0.4) is 0 Å². The van der Waals surface area contributed by atoms with Crippen LogP contribution in [0.5, 0.6) is 0 Å². The molecule has 1 aliphatic carbocycles. The number of hydrogen-bond acceptors (Lipinski definition) is 3. The molecule has 3 heteroatoms. The van der Waals surface area contributed by atoms with Crippen LogP contribution in [0.1, 0.15) is 44.9 Å². The molecular formula is C13H23NO2. The molecule has 0 aromatic carbocycles. The molecule has 2 fully saturated rings. The van der Waals surface area contributed by atoms with Gasteiger partial charge < -0.3 is 10.0 Å². The summed E-state index contributed by atoms with van der Waals surface area (Å²) in [5, 5.41) is 8.99. The van der Waals surface area contributed by atoms with Crippen LogP contribution in [0.25, 0.3) is 0 Å². The Hall–Kier alpha value is -0.410. The van der Waals surface area contributed by atoms with Crippen molar-refractivity contribution in [3.63, 3.8) is 0 Å². The van der Waals surface area contributed by atoms with E-state index in [-0.39, 0.29) is 0 Å². The molecular weight excluding hydrogens is 202 g/mol. The number of aliphatic hydroxyl groups is 1. The predicted octanol–water partition coefficient (Wildman–Crippen LogP) is 1.59. The fourth-order valence-corrected chi connectivity index (χ4v) is 3.14. The maximum atomic E-state index is 11.2. The number of ketones is 1. The van der Waals surface area contributed by atoms with Crippen LogP contribution in [-0.4, -0.2) is 41.5 Å². The lowest BCUT2D eigenvalue weighted by atomic mass is 9.89. The Morgan fingerprint density at radius 3 is 2.69 bits per heavy atom. The number of hydrogen-bond donors (Lipinski definition) is 1. The van der Waals surface area contributed by atoms with Crippen molar-refractivity contribution in [3.05, 3.63) is 0 Å². The number of piperidine rings is 1. The maximum absolute atomic E-state index is 11.2. The highest BCUT2D eigenvalue weighted by atomic mass is 16.3. The van der Waals surface area contributed by atoms with Gasteiger partial charge >= 0.3 is 0 Å². The summed E-state index contributed by atoms with van der Waals surface area (Å²) in [6.07, 6.45) is 7.16. The third kappa shape index (κ3) is 3.05. The average Bonchev–Trinajstić information content (AvgIpc) is 2.31. The summed E-state index contributed by atoms with van der Waals surface area (Å²) < 4.78 is 0. The Balaban J connectivity index is 1.82. The molecule has 1 heterocycles. The third-order valence-corrected chi connectivity index (χ3v) is 4.12. The number of Topliss-reactive ketones (excluding diaryl/α,β-unsaturated/α-hetero) is 1. The Morgan fingerprint density at radius 2 is 2.00 bits per heavy atom. The topological polar surface area (TPSA) is 40.5 Å². The van der Waals surface area contributed by atoms with E-state index in [0.717, 1.165) is 38.6 Å². The highest BCUT2D eigenvalue weighted by molar-refractivity contribution is 5.79. The molecule has 0 radical (unpaired) electrons. The van der Waals surface area contributed by atoms with E-state index in [1.54, 1.807) is 0 Å². The number of carbonyl (C=O) groups is 1. The molecule has 0 aromatic heterocycles. The molecule has 3 nitrogen and oxygen atoms in total. The molecule has 1 saturated heterocycles. The zero-order chi connectivity index (χ0) is 11.4. The smallest absolute Gasteiger partial charge is 0.133 e. The fourth-order valence-electron chi connectivity index (χ4n) is 3.14. The second-order valence-electron chi connectivity index (χ2n) is 5.29. The van der Waals surface area contributed by atoms with Crippen LogP contribution >= 0.6 is 0 Å². The van der Waals surface area contributed by atoms with Crippen molar-refractivity contribution < 1.29 is 9.90 Å². The van der Waals surface area contributed by atoms with Crippen molar-refractivity contribution in [1.29, 1.82) is 0 Å². The van der Waals surface area contributed by atoms with Crippen molar-refractivity contribution in [1.82, 2.24) is 4.90 Å². The predicted molar refractivity (Wildman–Crippen MR) is 63.3 cm³/mol. The molecule has 16 heavy (non-hydrogen) atoms. The zero-order valence-corrected chi connectivity index (χ0v) is 10.0. The standard InChI is InChI=1S/C13H23NO2/c15-9-7-11-2-1-8-14(10-11)12-3-5-13(16)6-4-12/h11-12,15H,1-10H2. The average molecular weight is 225 g/mol. The van der Waals surface area contributed by atoms with Gasteiger partial charge in [0, 0.05) is 32.0 Å². The normalized spacial score (nSPS) is 29.6. The molecule has 0 amide bonds. The van der Waals surface area contributed by atoms with Gasteiger partial charge in [0.05, 0.1) is 0 Å². The summed E-state index contributed by atoms with van der Waals surface area (Å²) in [5.74, 6) is 1.12. The van der Waals surface area contributed by atoms with E-state index in [0.29, 0.717) is 24.3 Å². The molecule has 1 saturated carbocycles. The Bertz CT molecular complexity index is 230. The number of aliphatic hydroxyl groups excluding tert-OH is 1. The van der Waals surface area contributed by atoms with Crippen molar-refractivity contribution in [2.24, 2.45) is 5.92 Å². The zero-order valence-electron chi connectivity index (χ0n) is 10.0. The van der Waals surface area contributed by atoms with Crippen molar-refractivity contribution in [2.75, 3.05) is 19.7 Å². The van der Waals surface area contributed by atoms with E-state index in [1.807, 2.05) is 0 Å². The molecule has 1 N–H and O–H groups in total. The second-order valence-corrected chi connectivity index (χ2v) is 5.29. The molecule has 0 spiro atoms. The van der Waals surface area contributed by atoms with E-state index in [4.69, 9.17) is 5.11 Å². The van der Waals surface area contributed by atoms with Crippen molar-refractivity contribution in [3.8, 4) is 0 Å². The monoisotopic (exact) mass is 225 g/mol. The summed E-state index contributed by atoms with van der Waals surface area (Å²) in [5.41, 5.74) is 0. The SMILES string of the molecule is O=C1CCC(N2CCCC(CCO)C2)CC1. The summed E-state index contributed by atoms with van der Waals surface area (Å²) in [7, 11) is 0. The summed E-state index contributed by atoms with van der Waals surface area (Å²) in [6.45, 7) is 2.65. The molecule has 0 bridgehead atoms. The number of likely N-dealkylation sites (tertiary alicyclic amines) is 1. The van der Waals surface area contributed by atoms with Crippen molar-refractivity contribution >= 4 is 5.78 Å². The van der Waals surface area contributed by atoms with Gasteiger partial charge in [-0.1, -0.05) is 0 Å². The largest absolute Gasteiger partial charge is 0.396 e. The van der Waals surface area contributed by atoms with Crippen molar-refractivity contribution in [2.45, 2.75) is 51.0 Å². The van der Waals surface area contributed by atoms with Gasteiger partial charge in [-0.3, -0.25) is 4.79 Å². The maximum Gasteiger partial charge on any atom is 0.133 e. The van der Waals surface area contributed by atoms with Gasteiger partial charge in [-0.15, -0.1) is 0 Å². The first kappa shape index (κ1) is 12.1. The molecule has 2 rings (SSSR count). The molecule has 92 valence electrons. The highest BCUT2D eigenvalue weighted by Gasteiger charge is 2.28. The Morgan fingerprint density at radius 1 is 1.25 bits per heavy atom. The van der Waals surface area contributed by atoms with Crippen LogP contribution in [0, 0.1) is 5.92 Å². The van der Waals surface area contributed by atoms with Gasteiger partial charge in [0.25, 0.3) is 0 Å². The van der Waals surface area contributed by atoms with E-state index in [2.05, 4.69) is 4.90 Å². The minimum atomic E-state index is 0.321. The molecule has 1 atom stereocenters. The molecule has 1 aliphatic heterocycles. The number of rotatable bonds is 3. The van der Waals surface area contributed by atoms with Gasteiger partial charge in [-0.05, 0) is 44.6 Å². The minimum Gasteiger partial charge on any atom is -0.396 e. The highest BCUT2D eigenvalue weighted by Crippen LogP contribution is 2.26. The lowest BCUT2D eigenvalue weighted by Crippen LogP contribution is -2.44. The fraction of sp³-hybridized carbons (Fsp3) is 0.923. The van der Waals surface area contributed by atoms with Gasteiger partial charge in [0.15, 0.2) is 0 Å². The minimum absolute atomic E-state index is 0.321. The van der Waals surface area contributed by atoms with E-state index >= 15 is 0 Å². The number of carbonyl (C=O) groups excluding carboxylic acids is 1. The summed E-state index contributed by atoms with van der Waals surface area (Å²) in [6, 6.07) is 0.638. The van der Waals surface area contributed by atoms with E-state index < -0.39 is 0 Å². The van der Waals surface area contributed by atoms with Crippen LogP contribution in [0.4, 0.5) is 0 Å². The first-order chi connectivity index (χ1) is 7.79. The summed E-state index contributed by atoms with van der Waals surface area (Å²) in [4.78, 5) is 13.8. The van der Waals surface area contributed by atoms with Gasteiger partial charge in [0.1, 0.15) is 5.78 Å². The lowest BCUT2D eigenvalue weighted by molar-refractivity contribution is -0.121. The number of nitrogens with zero attached hydrogens (tertiary/aromatic N) is 1. The first-order valence-electron chi connectivity index (χ1n) is 6.66. The van der Waals surface area contributed by atoms with Crippen LogP contribution in [0.2, 0.25) is 0 Å². The van der Waals surface area contributed by atoms with E-state index in [1.165, 1.54) is 19.4 Å². The van der Waals surface area contributed by atoms with Crippen LogP contribution in [-0.2, 0) is 4.79 Å². The van der Waals surface area contributed by atoms with Gasteiger partial charge in [0.2, 0.25) is 0 Å². The molecule has 0 aromatic rings. The lowest BCUT2D eigenvalue weighted by Gasteiger charge is -2.39. The molecule has 2 aliphatic rings. The Labute approximate surface area is 97.8 Å². The van der Waals surface area contributed by atoms with Gasteiger partial charge in [-0.2, -0.15) is 0 Å². The van der Waals surface area contributed by atoms with Crippen LogP contribution in [0.15, 0.2) is 0 Å². The Kier molecular flexibility index (Phi) is 4.36. The van der Waals surface area contributed by atoms with Crippen LogP contribution < -0.4 is 0 Å². The van der Waals surface area contributed by atoms with E-state index in [9.17, 15) is 4.79 Å². The second kappa shape index (κ2) is 5.78.